The quantitative estimate of drug-likeness (QED) is 0.618. The molecule has 1 aromatic carbocycles. The molecule has 1 aliphatic rings. The summed E-state index contributed by atoms with van der Waals surface area (Å²) in [5.74, 6) is 2.07. The Hall–Kier alpha value is -2.15. The van der Waals surface area contributed by atoms with Crippen molar-refractivity contribution in [2.75, 3.05) is 33.2 Å². The molecule has 0 saturated heterocycles. The molecule has 0 aliphatic heterocycles. The molecule has 0 saturated carbocycles. The van der Waals surface area contributed by atoms with Gasteiger partial charge < -0.3 is 19.4 Å². The van der Waals surface area contributed by atoms with E-state index in [0.29, 0.717) is 22.4 Å². The predicted octanol–water partition coefficient (Wildman–Crippen LogP) is 3.02. The van der Waals surface area contributed by atoms with Gasteiger partial charge in [0.15, 0.2) is 16.7 Å². The number of ether oxygens (including phenoxy) is 2. The Balaban J connectivity index is 1.87. The molecule has 0 amide bonds. The van der Waals surface area contributed by atoms with Crippen LogP contribution in [0.4, 0.5) is 5.69 Å². The number of nitrogens with zero attached hydrogens (tertiary/aromatic N) is 2. The molecule has 1 aliphatic carbocycles. The van der Waals surface area contributed by atoms with Gasteiger partial charge in [0.25, 0.3) is 5.56 Å². The van der Waals surface area contributed by atoms with Gasteiger partial charge in [0.1, 0.15) is 0 Å². The second kappa shape index (κ2) is 8.03. The monoisotopic (exact) mass is 375 g/mol. The van der Waals surface area contributed by atoms with Crippen LogP contribution in [0.1, 0.15) is 29.7 Å². The van der Waals surface area contributed by atoms with Crippen molar-refractivity contribution in [3.05, 3.63) is 39.3 Å². The van der Waals surface area contributed by atoms with Crippen molar-refractivity contribution < 1.29 is 9.47 Å². The summed E-state index contributed by atoms with van der Waals surface area (Å²) in [6.45, 7) is 0. The van der Waals surface area contributed by atoms with E-state index in [1.54, 1.807) is 14.2 Å². The summed E-state index contributed by atoms with van der Waals surface area (Å²) >= 11 is 1.54. The van der Waals surface area contributed by atoms with Gasteiger partial charge in [-0.1, -0.05) is 11.8 Å². The van der Waals surface area contributed by atoms with E-state index in [-0.39, 0.29) is 5.56 Å². The summed E-state index contributed by atoms with van der Waals surface area (Å²) in [7, 11) is 7.25. The topological polar surface area (TPSA) is 67.5 Å². The third kappa shape index (κ3) is 3.82. The van der Waals surface area contributed by atoms with Gasteiger partial charge in [-0.3, -0.25) is 4.79 Å². The summed E-state index contributed by atoms with van der Waals surface area (Å²) in [5.41, 5.74) is 3.98. The highest BCUT2D eigenvalue weighted by Gasteiger charge is 2.17. The maximum Gasteiger partial charge on any atom is 0.254 e. The third-order valence-corrected chi connectivity index (χ3v) is 5.52. The molecular formula is C19H25N3O3S. The highest BCUT2D eigenvalue weighted by atomic mass is 32.2. The van der Waals surface area contributed by atoms with Crippen molar-refractivity contribution in [3.8, 4) is 11.5 Å². The van der Waals surface area contributed by atoms with E-state index in [4.69, 9.17) is 9.47 Å². The van der Waals surface area contributed by atoms with E-state index < -0.39 is 0 Å². The first-order chi connectivity index (χ1) is 12.5. The largest absolute Gasteiger partial charge is 0.493 e. The fourth-order valence-electron chi connectivity index (χ4n) is 3.24. The molecule has 140 valence electrons. The molecule has 26 heavy (non-hydrogen) atoms. The number of aromatic amines is 1. The van der Waals surface area contributed by atoms with Gasteiger partial charge in [-0.25, -0.2) is 4.98 Å². The van der Waals surface area contributed by atoms with Gasteiger partial charge in [0.2, 0.25) is 0 Å². The molecule has 0 spiro atoms. The minimum atomic E-state index is 0.0114. The zero-order valence-electron chi connectivity index (χ0n) is 15.7. The predicted molar refractivity (Wildman–Crippen MR) is 105 cm³/mol. The SMILES string of the molecule is COc1cc(CSc2nc3c(c(=O)[nH]2)CCCC3)c(N(C)C)cc1OC. The first kappa shape index (κ1) is 18.6. The first-order valence-corrected chi connectivity index (χ1v) is 9.69. The molecule has 6 nitrogen and oxygen atoms in total. The van der Waals surface area contributed by atoms with Crippen LogP contribution in [0.25, 0.3) is 0 Å². The van der Waals surface area contributed by atoms with Crippen molar-refractivity contribution in [1.82, 2.24) is 9.97 Å². The second-order valence-corrected chi connectivity index (χ2v) is 7.49. The van der Waals surface area contributed by atoms with E-state index in [0.717, 1.165) is 48.2 Å². The standard InChI is InChI=1S/C19H25N3O3S/c1-22(2)15-10-17(25-4)16(24-3)9-12(15)11-26-19-20-14-8-6-5-7-13(14)18(23)21-19/h9-10H,5-8,11H2,1-4H3,(H,20,21,23). The molecule has 0 unspecified atom stereocenters. The zero-order valence-corrected chi connectivity index (χ0v) is 16.5. The number of aromatic nitrogens is 2. The molecule has 0 radical (unpaired) electrons. The number of rotatable bonds is 6. The number of hydrogen-bond acceptors (Lipinski definition) is 6. The average Bonchev–Trinajstić information content (AvgIpc) is 2.65. The number of thioether (sulfide) groups is 1. The Kier molecular flexibility index (Phi) is 5.76. The van der Waals surface area contributed by atoms with E-state index in [9.17, 15) is 4.79 Å². The van der Waals surface area contributed by atoms with Gasteiger partial charge in [0, 0.05) is 37.2 Å². The number of hydrogen-bond donors (Lipinski definition) is 1. The lowest BCUT2D eigenvalue weighted by molar-refractivity contribution is 0.355. The number of benzene rings is 1. The van der Waals surface area contributed by atoms with Gasteiger partial charge in [-0.2, -0.15) is 0 Å². The van der Waals surface area contributed by atoms with Crippen molar-refractivity contribution in [2.45, 2.75) is 36.6 Å². The van der Waals surface area contributed by atoms with Crippen molar-refractivity contribution >= 4 is 17.4 Å². The lowest BCUT2D eigenvalue weighted by Crippen LogP contribution is -2.21. The zero-order chi connectivity index (χ0) is 18.7. The van der Waals surface area contributed by atoms with Crippen LogP contribution in [0, 0.1) is 0 Å². The molecule has 0 atom stereocenters. The van der Waals surface area contributed by atoms with Gasteiger partial charge >= 0.3 is 0 Å². The maximum atomic E-state index is 12.3. The minimum absolute atomic E-state index is 0.0114. The number of H-pyrrole nitrogens is 1. The lowest BCUT2D eigenvalue weighted by Gasteiger charge is -2.20. The van der Waals surface area contributed by atoms with Gasteiger partial charge in [-0.15, -0.1) is 0 Å². The molecular weight excluding hydrogens is 350 g/mol. The summed E-state index contributed by atoms with van der Waals surface area (Å²) in [5, 5.41) is 0.676. The smallest absolute Gasteiger partial charge is 0.254 e. The van der Waals surface area contributed by atoms with Crippen LogP contribution in [-0.2, 0) is 18.6 Å². The minimum Gasteiger partial charge on any atom is -0.493 e. The average molecular weight is 375 g/mol. The first-order valence-electron chi connectivity index (χ1n) is 8.70. The maximum absolute atomic E-state index is 12.3. The molecule has 1 heterocycles. The molecule has 3 rings (SSSR count). The molecule has 0 fully saturated rings. The van der Waals surface area contributed by atoms with Gasteiger partial charge in [0.05, 0.1) is 19.9 Å². The van der Waals surface area contributed by atoms with Crippen LogP contribution in [0.2, 0.25) is 0 Å². The van der Waals surface area contributed by atoms with Crippen LogP contribution in [0.5, 0.6) is 11.5 Å². The number of anilines is 1. The molecule has 7 heteroatoms. The number of methoxy groups -OCH3 is 2. The highest BCUT2D eigenvalue weighted by molar-refractivity contribution is 7.98. The van der Waals surface area contributed by atoms with Crippen LogP contribution in [-0.4, -0.2) is 38.3 Å². The molecule has 0 bridgehead atoms. The van der Waals surface area contributed by atoms with Crippen molar-refractivity contribution in [1.29, 1.82) is 0 Å². The van der Waals surface area contributed by atoms with Crippen molar-refractivity contribution in [3.63, 3.8) is 0 Å². The second-order valence-electron chi connectivity index (χ2n) is 6.52. The van der Waals surface area contributed by atoms with Crippen LogP contribution in [0.15, 0.2) is 22.1 Å². The van der Waals surface area contributed by atoms with E-state index in [1.165, 1.54) is 11.8 Å². The molecule has 2 aromatic rings. The molecule has 1 N–H and O–H groups in total. The van der Waals surface area contributed by atoms with E-state index in [1.807, 2.05) is 31.1 Å². The fourth-order valence-corrected chi connectivity index (χ4v) is 4.10. The Bertz CT molecular complexity index is 849. The Morgan fingerprint density at radius 3 is 2.54 bits per heavy atom. The van der Waals surface area contributed by atoms with Crippen LogP contribution < -0.4 is 19.9 Å². The highest BCUT2D eigenvalue weighted by Crippen LogP contribution is 2.37. The van der Waals surface area contributed by atoms with Crippen LogP contribution in [0.3, 0.4) is 0 Å². The fraction of sp³-hybridized carbons (Fsp3) is 0.474. The number of fused-ring (bicyclic) bond motifs is 1. The summed E-state index contributed by atoms with van der Waals surface area (Å²) in [6.07, 6.45) is 3.91. The Morgan fingerprint density at radius 1 is 1.15 bits per heavy atom. The third-order valence-electron chi connectivity index (χ3n) is 4.60. The lowest BCUT2D eigenvalue weighted by atomic mass is 9.97. The van der Waals surface area contributed by atoms with Gasteiger partial charge in [-0.05, 0) is 37.3 Å². The van der Waals surface area contributed by atoms with E-state index >= 15 is 0 Å². The molecule has 1 aromatic heterocycles. The van der Waals surface area contributed by atoms with E-state index in [2.05, 4.69) is 9.97 Å². The number of nitrogens with one attached hydrogen (secondary N) is 1. The number of aryl methyl sites for hydroxylation is 1. The van der Waals surface area contributed by atoms with Crippen molar-refractivity contribution in [2.24, 2.45) is 0 Å². The summed E-state index contributed by atoms with van der Waals surface area (Å²) < 4.78 is 10.8. The Labute approximate surface area is 157 Å². The van der Waals surface area contributed by atoms with Crippen LogP contribution >= 0.6 is 11.8 Å². The Morgan fingerprint density at radius 2 is 1.85 bits per heavy atom. The normalized spacial score (nSPS) is 13.2. The summed E-state index contributed by atoms with van der Waals surface area (Å²) in [4.78, 5) is 22.0. The summed E-state index contributed by atoms with van der Waals surface area (Å²) in [6, 6.07) is 3.95.